The topological polar surface area (TPSA) is 63.6 Å². The number of allylic oxidation sites excluding steroid dienone is 1. The van der Waals surface area contributed by atoms with E-state index in [1.807, 2.05) is 6.07 Å². The number of hydrogen-bond acceptors (Lipinski definition) is 5. The standard InChI is InChI=1S/C11H10N4OS2/c1-2-5-15-9-8(18-11(15)17)10(16)14(7-13-9)6-3-4-12/h2,7H,1,3,5-6H2. The number of aromatic nitrogens is 3. The van der Waals surface area contributed by atoms with Crippen LogP contribution in [-0.2, 0) is 13.1 Å². The molecule has 5 nitrogen and oxygen atoms in total. The van der Waals surface area contributed by atoms with E-state index in [1.165, 1.54) is 22.2 Å². The first-order chi connectivity index (χ1) is 8.69. The first kappa shape index (κ1) is 12.7. The summed E-state index contributed by atoms with van der Waals surface area (Å²) in [5, 5.41) is 8.53. The Morgan fingerprint density at radius 2 is 2.44 bits per heavy atom. The molecule has 0 aromatic carbocycles. The molecular formula is C11H10N4OS2. The fourth-order valence-electron chi connectivity index (χ4n) is 1.59. The summed E-state index contributed by atoms with van der Waals surface area (Å²) in [4.78, 5) is 16.4. The van der Waals surface area contributed by atoms with Gasteiger partial charge in [-0.25, -0.2) is 4.98 Å². The summed E-state index contributed by atoms with van der Waals surface area (Å²) in [6, 6.07) is 2.01. The predicted molar refractivity (Wildman–Crippen MR) is 73.1 cm³/mol. The normalized spacial score (nSPS) is 10.4. The second-order valence-electron chi connectivity index (χ2n) is 3.57. The largest absolute Gasteiger partial charge is 0.304 e. The highest BCUT2D eigenvalue weighted by molar-refractivity contribution is 7.73. The van der Waals surface area contributed by atoms with E-state index < -0.39 is 0 Å². The SMILES string of the molecule is C=CCn1c(=S)sc2c(=O)n(CCC#N)cnc21. The van der Waals surface area contributed by atoms with Gasteiger partial charge in [0.25, 0.3) is 5.56 Å². The summed E-state index contributed by atoms with van der Waals surface area (Å²) in [5.41, 5.74) is 0.442. The van der Waals surface area contributed by atoms with E-state index in [0.717, 1.165) is 0 Å². The molecule has 0 saturated carbocycles. The van der Waals surface area contributed by atoms with Gasteiger partial charge in [0.15, 0.2) is 9.60 Å². The van der Waals surface area contributed by atoms with Gasteiger partial charge >= 0.3 is 0 Å². The molecule has 0 unspecified atom stereocenters. The Hall–Kier alpha value is -1.78. The average molecular weight is 278 g/mol. The number of nitrogens with zero attached hydrogens (tertiary/aromatic N) is 4. The van der Waals surface area contributed by atoms with Crippen LogP contribution in [0, 0.1) is 15.3 Å². The number of rotatable bonds is 4. The molecule has 2 rings (SSSR count). The lowest BCUT2D eigenvalue weighted by atomic mass is 10.4. The van der Waals surface area contributed by atoms with Gasteiger partial charge in [0.2, 0.25) is 0 Å². The van der Waals surface area contributed by atoms with Crippen molar-refractivity contribution in [2.45, 2.75) is 19.5 Å². The third kappa shape index (κ3) is 2.12. The fraction of sp³-hybridized carbons (Fsp3) is 0.273. The Bertz CT molecular complexity index is 747. The van der Waals surface area contributed by atoms with Crippen molar-refractivity contribution in [3.8, 4) is 6.07 Å². The molecule has 0 amide bonds. The van der Waals surface area contributed by atoms with Crippen molar-refractivity contribution in [2.24, 2.45) is 0 Å². The Morgan fingerprint density at radius 3 is 3.11 bits per heavy atom. The molecule has 0 bridgehead atoms. The summed E-state index contributed by atoms with van der Waals surface area (Å²) in [6.07, 6.45) is 3.46. The molecule has 7 heteroatoms. The number of fused-ring (bicyclic) bond motifs is 1. The monoisotopic (exact) mass is 278 g/mol. The Labute approximate surface area is 112 Å². The summed E-state index contributed by atoms with van der Waals surface area (Å²) in [5.74, 6) is 0. The quantitative estimate of drug-likeness (QED) is 0.634. The molecule has 0 radical (unpaired) electrons. The van der Waals surface area contributed by atoms with Crippen LogP contribution < -0.4 is 5.56 Å². The summed E-state index contributed by atoms with van der Waals surface area (Å²) in [7, 11) is 0. The fourth-order valence-corrected chi connectivity index (χ4v) is 2.91. The van der Waals surface area contributed by atoms with Crippen molar-refractivity contribution in [3.63, 3.8) is 0 Å². The van der Waals surface area contributed by atoms with Crippen LogP contribution in [0.5, 0.6) is 0 Å². The van der Waals surface area contributed by atoms with Crippen LogP contribution in [0.4, 0.5) is 0 Å². The van der Waals surface area contributed by atoms with Crippen molar-refractivity contribution in [2.75, 3.05) is 0 Å². The van der Waals surface area contributed by atoms with Gasteiger partial charge in [0, 0.05) is 13.1 Å². The van der Waals surface area contributed by atoms with Gasteiger partial charge in [0.05, 0.1) is 18.8 Å². The third-order valence-electron chi connectivity index (χ3n) is 2.42. The molecule has 18 heavy (non-hydrogen) atoms. The smallest absolute Gasteiger partial charge is 0.273 e. The molecule has 2 aromatic rings. The van der Waals surface area contributed by atoms with Gasteiger partial charge in [-0.3, -0.25) is 9.36 Å². The van der Waals surface area contributed by atoms with Crippen molar-refractivity contribution in [3.05, 3.63) is 33.3 Å². The minimum absolute atomic E-state index is 0.144. The first-order valence-corrected chi connectivity index (χ1v) is 6.48. The lowest BCUT2D eigenvalue weighted by molar-refractivity contribution is 0.676. The van der Waals surface area contributed by atoms with Crippen LogP contribution in [0.15, 0.2) is 23.8 Å². The minimum Gasteiger partial charge on any atom is -0.304 e. The van der Waals surface area contributed by atoms with Crippen molar-refractivity contribution in [1.29, 1.82) is 5.26 Å². The van der Waals surface area contributed by atoms with Crippen LogP contribution >= 0.6 is 23.6 Å². The van der Waals surface area contributed by atoms with Crippen LogP contribution in [0.3, 0.4) is 0 Å². The number of aryl methyl sites for hydroxylation is 1. The maximum Gasteiger partial charge on any atom is 0.273 e. The van der Waals surface area contributed by atoms with Gasteiger partial charge < -0.3 is 4.57 Å². The Morgan fingerprint density at radius 1 is 1.67 bits per heavy atom. The third-order valence-corrected chi connectivity index (χ3v) is 3.85. The lowest BCUT2D eigenvalue weighted by Gasteiger charge is -2.02. The summed E-state index contributed by atoms with van der Waals surface area (Å²) < 4.78 is 4.35. The second kappa shape index (κ2) is 5.25. The van der Waals surface area contributed by atoms with Crippen LogP contribution in [0.2, 0.25) is 0 Å². The molecule has 0 fully saturated rings. The molecule has 0 aliphatic rings. The molecule has 0 saturated heterocycles. The zero-order chi connectivity index (χ0) is 13.1. The van der Waals surface area contributed by atoms with E-state index in [1.54, 1.807) is 10.6 Å². The number of hydrogen-bond donors (Lipinski definition) is 0. The molecule has 2 aromatic heterocycles. The molecule has 0 spiro atoms. The van der Waals surface area contributed by atoms with Crippen LogP contribution in [0.25, 0.3) is 10.3 Å². The van der Waals surface area contributed by atoms with Crippen molar-refractivity contribution >= 4 is 33.9 Å². The predicted octanol–water partition coefficient (Wildman–Crippen LogP) is 2.09. The van der Waals surface area contributed by atoms with Crippen LogP contribution in [-0.4, -0.2) is 14.1 Å². The molecule has 0 N–H and O–H groups in total. The summed E-state index contributed by atoms with van der Waals surface area (Å²) in [6.45, 7) is 4.54. The second-order valence-corrected chi connectivity index (χ2v) is 5.22. The van der Waals surface area contributed by atoms with E-state index in [9.17, 15) is 4.79 Å². The molecule has 0 aliphatic heterocycles. The highest BCUT2D eigenvalue weighted by Crippen LogP contribution is 2.17. The first-order valence-electron chi connectivity index (χ1n) is 5.25. The highest BCUT2D eigenvalue weighted by Gasteiger charge is 2.10. The van der Waals surface area contributed by atoms with Gasteiger partial charge in [-0.15, -0.1) is 6.58 Å². The van der Waals surface area contributed by atoms with Gasteiger partial charge in [-0.2, -0.15) is 5.26 Å². The molecule has 2 heterocycles. The van der Waals surface area contributed by atoms with E-state index in [0.29, 0.717) is 27.4 Å². The van der Waals surface area contributed by atoms with E-state index >= 15 is 0 Å². The molecule has 0 atom stereocenters. The Kier molecular flexibility index (Phi) is 3.69. The zero-order valence-corrected chi connectivity index (χ0v) is 11.1. The average Bonchev–Trinajstić information content (AvgIpc) is 2.67. The maximum atomic E-state index is 12.1. The van der Waals surface area contributed by atoms with Gasteiger partial charge in [-0.05, 0) is 12.2 Å². The van der Waals surface area contributed by atoms with Gasteiger partial charge in [0.1, 0.15) is 4.70 Å². The molecular weight excluding hydrogens is 268 g/mol. The minimum atomic E-state index is -0.144. The molecule has 92 valence electrons. The summed E-state index contributed by atoms with van der Waals surface area (Å²) >= 11 is 6.45. The number of thiazole rings is 1. The van der Waals surface area contributed by atoms with Crippen LogP contribution in [0.1, 0.15) is 6.42 Å². The highest BCUT2D eigenvalue weighted by atomic mass is 32.1. The zero-order valence-electron chi connectivity index (χ0n) is 9.50. The van der Waals surface area contributed by atoms with E-state index in [2.05, 4.69) is 11.6 Å². The van der Waals surface area contributed by atoms with Gasteiger partial charge in [-0.1, -0.05) is 17.4 Å². The van der Waals surface area contributed by atoms with E-state index in [-0.39, 0.29) is 12.0 Å². The number of nitriles is 1. The molecule has 0 aliphatic carbocycles. The van der Waals surface area contributed by atoms with Crippen molar-refractivity contribution in [1.82, 2.24) is 14.1 Å². The van der Waals surface area contributed by atoms with E-state index in [4.69, 9.17) is 17.5 Å². The van der Waals surface area contributed by atoms with Crippen molar-refractivity contribution < 1.29 is 0 Å². The Balaban J connectivity index is 2.63. The lowest BCUT2D eigenvalue weighted by Crippen LogP contribution is -2.20. The maximum absolute atomic E-state index is 12.1.